The van der Waals surface area contributed by atoms with Gasteiger partial charge in [-0.3, -0.25) is 4.90 Å². The van der Waals surface area contributed by atoms with Crippen molar-refractivity contribution in [2.75, 3.05) is 6.54 Å². The number of nitrogens with zero attached hydrogens (tertiary/aromatic N) is 1. The maximum absolute atomic E-state index is 12.9. The summed E-state index contributed by atoms with van der Waals surface area (Å²) < 4.78 is 12.9. The van der Waals surface area contributed by atoms with Gasteiger partial charge >= 0.3 is 0 Å². The van der Waals surface area contributed by atoms with Crippen LogP contribution in [0, 0.1) is 5.82 Å². The van der Waals surface area contributed by atoms with E-state index in [4.69, 9.17) is 5.73 Å². The third kappa shape index (κ3) is 3.53. The van der Waals surface area contributed by atoms with Crippen LogP contribution in [-0.4, -0.2) is 23.5 Å². The van der Waals surface area contributed by atoms with Gasteiger partial charge < -0.3 is 5.73 Å². The zero-order valence-electron chi connectivity index (χ0n) is 11.9. The molecule has 0 radical (unpaired) electrons. The van der Waals surface area contributed by atoms with Gasteiger partial charge in [-0.1, -0.05) is 26.0 Å². The SMILES string of the molecule is CCC(C)N(CC)C(C)C(N)c1ccc(F)cc1. The molecule has 18 heavy (non-hydrogen) atoms. The maximum Gasteiger partial charge on any atom is 0.123 e. The molecule has 0 aliphatic carbocycles. The molecule has 0 bridgehead atoms. The van der Waals surface area contributed by atoms with Crippen molar-refractivity contribution in [2.45, 2.75) is 52.2 Å². The van der Waals surface area contributed by atoms with Crippen molar-refractivity contribution in [3.8, 4) is 0 Å². The number of nitrogens with two attached hydrogens (primary N) is 1. The summed E-state index contributed by atoms with van der Waals surface area (Å²) in [4.78, 5) is 2.40. The van der Waals surface area contributed by atoms with Crippen LogP contribution in [0.25, 0.3) is 0 Å². The molecular weight excluding hydrogens is 227 g/mol. The van der Waals surface area contributed by atoms with Crippen LogP contribution in [0.4, 0.5) is 4.39 Å². The minimum atomic E-state index is -0.215. The number of halogens is 1. The predicted octanol–water partition coefficient (Wildman–Crippen LogP) is 3.33. The van der Waals surface area contributed by atoms with E-state index in [0.29, 0.717) is 6.04 Å². The standard InChI is InChI=1S/C15H25FN2/c1-5-11(3)18(6-2)12(4)15(17)13-7-9-14(16)10-8-13/h7-12,15H,5-6,17H2,1-4H3. The lowest BCUT2D eigenvalue weighted by molar-refractivity contribution is 0.139. The van der Waals surface area contributed by atoms with E-state index in [-0.39, 0.29) is 17.9 Å². The second kappa shape index (κ2) is 6.86. The van der Waals surface area contributed by atoms with E-state index in [0.717, 1.165) is 18.5 Å². The van der Waals surface area contributed by atoms with E-state index in [1.54, 1.807) is 12.1 Å². The smallest absolute Gasteiger partial charge is 0.123 e. The molecule has 2 nitrogen and oxygen atoms in total. The Morgan fingerprint density at radius 2 is 1.72 bits per heavy atom. The first-order valence-electron chi connectivity index (χ1n) is 6.78. The molecule has 3 unspecified atom stereocenters. The van der Waals surface area contributed by atoms with Crippen molar-refractivity contribution in [2.24, 2.45) is 5.73 Å². The minimum absolute atomic E-state index is 0.0838. The fourth-order valence-corrected chi connectivity index (χ4v) is 2.41. The fraction of sp³-hybridized carbons (Fsp3) is 0.600. The van der Waals surface area contributed by atoms with Crippen molar-refractivity contribution in [3.05, 3.63) is 35.6 Å². The first-order valence-corrected chi connectivity index (χ1v) is 6.78. The third-order valence-electron chi connectivity index (χ3n) is 3.82. The molecule has 1 aromatic rings. The van der Waals surface area contributed by atoms with Gasteiger partial charge in [-0.05, 0) is 44.5 Å². The summed E-state index contributed by atoms with van der Waals surface area (Å²) in [7, 11) is 0. The average Bonchev–Trinajstić information content (AvgIpc) is 2.39. The molecule has 0 amide bonds. The number of benzene rings is 1. The monoisotopic (exact) mass is 252 g/mol. The first-order chi connectivity index (χ1) is 8.51. The van der Waals surface area contributed by atoms with Gasteiger partial charge in [0.2, 0.25) is 0 Å². The molecule has 0 aliphatic rings. The van der Waals surface area contributed by atoms with Gasteiger partial charge in [0.05, 0.1) is 0 Å². The lowest BCUT2D eigenvalue weighted by Gasteiger charge is -2.36. The molecule has 1 rings (SSSR count). The highest BCUT2D eigenvalue weighted by Crippen LogP contribution is 2.21. The first kappa shape index (κ1) is 15.1. The largest absolute Gasteiger partial charge is 0.323 e. The summed E-state index contributed by atoms with van der Waals surface area (Å²) in [5.74, 6) is -0.215. The van der Waals surface area contributed by atoms with Crippen molar-refractivity contribution < 1.29 is 4.39 Å². The highest BCUT2D eigenvalue weighted by molar-refractivity contribution is 5.21. The summed E-state index contributed by atoms with van der Waals surface area (Å²) in [6.45, 7) is 9.68. The topological polar surface area (TPSA) is 29.3 Å². The lowest BCUT2D eigenvalue weighted by atomic mass is 9.98. The number of hydrogen-bond donors (Lipinski definition) is 1. The minimum Gasteiger partial charge on any atom is -0.323 e. The zero-order chi connectivity index (χ0) is 13.7. The summed E-state index contributed by atoms with van der Waals surface area (Å²) in [6, 6.07) is 7.18. The van der Waals surface area contributed by atoms with E-state index in [9.17, 15) is 4.39 Å². The maximum atomic E-state index is 12.9. The van der Waals surface area contributed by atoms with Gasteiger partial charge in [0.1, 0.15) is 5.82 Å². The fourth-order valence-electron chi connectivity index (χ4n) is 2.41. The molecule has 1 aromatic carbocycles. The molecule has 102 valence electrons. The van der Waals surface area contributed by atoms with Crippen LogP contribution in [0.5, 0.6) is 0 Å². The molecule has 3 atom stereocenters. The molecule has 0 spiro atoms. The Hall–Kier alpha value is -0.930. The lowest BCUT2D eigenvalue weighted by Crippen LogP contribution is -2.45. The number of hydrogen-bond acceptors (Lipinski definition) is 2. The summed E-state index contributed by atoms with van der Waals surface area (Å²) >= 11 is 0. The van der Waals surface area contributed by atoms with Crippen LogP contribution in [0.3, 0.4) is 0 Å². The molecule has 0 heterocycles. The van der Waals surface area contributed by atoms with Gasteiger partial charge in [0.25, 0.3) is 0 Å². The highest BCUT2D eigenvalue weighted by atomic mass is 19.1. The molecule has 0 aromatic heterocycles. The molecular formula is C15H25FN2. The van der Waals surface area contributed by atoms with Crippen LogP contribution < -0.4 is 5.73 Å². The summed E-state index contributed by atoms with van der Waals surface area (Å²) in [5.41, 5.74) is 7.28. The molecule has 0 saturated carbocycles. The highest BCUT2D eigenvalue weighted by Gasteiger charge is 2.23. The summed E-state index contributed by atoms with van der Waals surface area (Å²) in [5, 5.41) is 0. The molecule has 0 saturated heterocycles. The Bertz CT molecular complexity index is 350. The Balaban J connectivity index is 2.81. The Kier molecular flexibility index (Phi) is 5.76. The molecule has 0 fully saturated rings. The van der Waals surface area contributed by atoms with Gasteiger partial charge in [0.15, 0.2) is 0 Å². The van der Waals surface area contributed by atoms with E-state index < -0.39 is 0 Å². The van der Waals surface area contributed by atoms with Crippen LogP contribution in [0.15, 0.2) is 24.3 Å². The van der Waals surface area contributed by atoms with Crippen molar-refractivity contribution in [1.82, 2.24) is 4.90 Å². The quantitative estimate of drug-likeness (QED) is 0.841. The van der Waals surface area contributed by atoms with Gasteiger partial charge in [-0.25, -0.2) is 4.39 Å². The molecule has 2 N–H and O–H groups in total. The van der Waals surface area contributed by atoms with Crippen LogP contribution in [0.2, 0.25) is 0 Å². The predicted molar refractivity (Wildman–Crippen MR) is 74.9 cm³/mol. The van der Waals surface area contributed by atoms with E-state index >= 15 is 0 Å². The van der Waals surface area contributed by atoms with Crippen LogP contribution >= 0.6 is 0 Å². The second-order valence-electron chi connectivity index (χ2n) is 4.91. The van der Waals surface area contributed by atoms with Crippen molar-refractivity contribution >= 4 is 0 Å². The normalized spacial score (nSPS) is 16.6. The van der Waals surface area contributed by atoms with Crippen LogP contribution in [0.1, 0.15) is 45.7 Å². The van der Waals surface area contributed by atoms with Gasteiger partial charge in [-0.15, -0.1) is 0 Å². The van der Waals surface area contributed by atoms with Gasteiger partial charge in [-0.2, -0.15) is 0 Å². The zero-order valence-corrected chi connectivity index (χ0v) is 11.9. The number of likely N-dealkylation sites (N-methyl/N-ethyl adjacent to an activating group) is 1. The molecule has 3 heteroatoms. The Morgan fingerprint density at radius 1 is 1.17 bits per heavy atom. The van der Waals surface area contributed by atoms with E-state index in [1.807, 2.05) is 0 Å². The van der Waals surface area contributed by atoms with E-state index in [1.165, 1.54) is 12.1 Å². The second-order valence-corrected chi connectivity index (χ2v) is 4.91. The van der Waals surface area contributed by atoms with E-state index in [2.05, 4.69) is 32.6 Å². The molecule has 0 aliphatic heterocycles. The van der Waals surface area contributed by atoms with Crippen molar-refractivity contribution in [3.63, 3.8) is 0 Å². The third-order valence-corrected chi connectivity index (χ3v) is 3.82. The van der Waals surface area contributed by atoms with Crippen molar-refractivity contribution in [1.29, 1.82) is 0 Å². The summed E-state index contributed by atoms with van der Waals surface area (Å²) in [6.07, 6.45) is 1.11. The van der Waals surface area contributed by atoms with Gasteiger partial charge in [0, 0.05) is 18.1 Å². The van der Waals surface area contributed by atoms with Crippen LogP contribution in [-0.2, 0) is 0 Å². The average molecular weight is 252 g/mol. The Morgan fingerprint density at radius 3 is 2.17 bits per heavy atom. The Labute approximate surface area is 110 Å². The number of rotatable bonds is 6.